The van der Waals surface area contributed by atoms with Crippen molar-refractivity contribution < 1.29 is 4.79 Å². The molecule has 70 valence electrons. The normalized spacial score (nSPS) is 9.31. The van der Waals surface area contributed by atoms with Crippen LogP contribution in [-0.4, -0.2) is 24.5 Å². The summed E-state index contributed by atoms with van der Waals surface area (Å²) in [6.45, 7) is 4.11. The van der Waals surface area contributed by atoms with Crippen molar-refractivity contribution in [3.63, 3.8) is 0 Å². The number of carbonyl (C=O) groups is 1. The van der Waals surface area contributed by atoms with Gasteiger partial charge in [0, 0.05) is 13.6 Å². The van der Waals surface area contributed by atoms with E-state index in [1.807, 2.05) is 17.5 Å². The highest BCUT2D eigenvalue weighted by atomic mass is 32.1. The average molecular weight is 196 g/mol. The Kier molecular flexibility index (Phi) is 3.52. The molecule has 0 aliphatic rings. The van der Waals surface area contributed by atoms with Crippen molar-refractivity contribution >= 4 is 22.4 Å². The zero-order valence-corrected chi connectivity index (χ0v) is 8.30. The van der Waals surface area contributed by atoms with Gasteiger partial charge >= 0.3 is 6.03 Å². The van der Waals surface area contributed by atoms with Crippen molar-refractivity contribution in [1.82, 2.24) is 4.90 Å². The maximum atomic E-state index is 11.4. The van der Waals surface area contributed by atoms with Gasteiger partial charge in [-0.3, -0.25) is 5.32 Å². The van der Waals surface area contributed by atoms with Crippen LogP contribution in [0.4, 0.5) is 9.80 Å². The van der Waals surface area contributed by atoms with Gasteiger partial charge in [-0.2, -0.15) is 0 Å². The third-order valence-corrected chi connectivity index (χ3v) is 2.29. The summed E-state index contributed by atoms with van der Waals surface area (Å²) in [7, 11) is 1.73. The van der Waals surface area contributed by atoms with Gasteiger partial charge in [0.1, 0.15) is 0 Å². The van der Waals surface area contributed by atoms with E-state index < -0.39 is 0 Å². The molecule has 1 N–H and O–H groups in total. The Morgan fingerprint density at radius 2 is 2.62 bits per heavy atom. The zero-order valence-electron chi connectivity index (χ0n) is 7.49. The molecule has 0 atom stereocenters. The van der Waals surface area contributed by atoms with Gasteiger partial charge in [-0.15, -0.1) is 17.9 Å². The number of rotatable bonds is 3. The second-order valence-corrected chi connectivity index (χ2v) is 3.52. The van der Waals surface area contributed by atoms with E-state index in [2.05, 4.69) is 11.9 Å². The fourth-order valence-corrected chi connectivity index (χ4v) is 1.43. The Balaban J connectivity index is 2.45. The van der Waals surface area contributed by atoms with Crippen molar-refractivity contribution in [3.05, 3.63) is 30.2 Å². The van der Waals surface area contributed by atoms with E-state index in [0.717, 1.165) is 5.00 Å². The molecule has 0 aliphatic heterocycles. The molecule has 0 spiro atoms. The molecule has 0 radical (unpaired) electrons. The van der Waals surface area contributed by atoms with Gasteiger partial charge in [0.15, 0.2) is 0 Å². The van der Waals surface area contributed by atoms with Crippen molar-refractivity contribution in [2.75, 3.05) is 18.9 Å². The van der Waals surface area contributed by atoms with Crippen LogP contribution < -0.4 is 5.32 Å². The van der Waals surface area contributed by atoms with Crippen LogP contribution in [0.5, 0.6) is 0 Å². The minimum atomic E-state index is -0.109. The molecule has 4 heteroatoms. The molecule has 3 nitrogen and oxygen atoms in total. The van der Waals surface area contributed by atoms with Crippen LogP contribution in [-0.2, 0) is 0 Å². The maximum Gasteiger partial charge on any atom is 0.322 e. The lowest BCUT2D eigenvalue weighted by molar-refractivity contribution is 0.227. The van der Waals surface area contributed by atoms with Crippen LogP contribution in [0.25, 0.3) is 0 Å². The molecule has 2 amide bonds. The number of thiophene rings is 1. The number of nitrogens with zero attached hydrogens (tertiary/aromatic N) is 1. The van der Waals surface area contributed by atoms with Crippen LogP contribution >= 0.6 is 11.3 Å². The highest BCUT2D eigenvalue weighted by molar-refractivity contribution is 7.14. The van der Waals surface area contributed by atoms with E-state index >= 15 is 0 Å². The van der Waals surface area contributed by atoms with E-state index in [4.69, 9.17) is 0 Å². The molecule has 0 bridgehead atoms. The average Bonchev–Trinajstić information content (AvgIpc) is 2.57. The highest BCUT2D eigenvalue weighted by Gasteiger charge is 2.06. The molecular formula is C9H12N2OS. The second kappa shape index (κ2) is 4.67. The number of likely N-dealkylation sites (N-methyl/N-ethyl adjacent to an activating group) is 1. The van der Waals surface area contributed by atoms with E-state index in [9.17, 15) is 4.79 Å². The first-order valence-corrected chi connectivity index (χ1v) is 4.78. The van der Waals surface area contributed by atoms with Crippen LogP contribution in [0.2, 0.25) is 0 Å². The first-order chi connectivity index (χ1) is 6.24. The molecule has 1 rings (SSSR count). The van der Waals surface area contributed by atoms with Crippen LogP contribution in [0.3, 0.4) is 0 Å². The van der Waals surface area contributed by atoms with Gasteiger partial charge in [-0.05, 0) is 17.5 Å². The third kappa shape index (κ3) is 2.91. The molecule has 0 fully saturated rings. The van der Waals surface area contributed by atoms with E-state index in [0.29, 0.717) is 6.54 Å². The first-order valence-electron chi connectivity index (χ1n) is 3.90. The Bertz CT molecular complexity index is 282. The van der Waals surface area contributed by atoms with Gasteiger partial charge in [0.05, 0.1) is 5.00 Å². The van der Waals surface area contributed by atoms with Crippen LogP contribution in [0.15, 0.2) is 30.2 Å². The molecule has 1 aromatic heterocycles. The summed E-state index contributed by atoms with van der Waals surface area (Å²) >= 11 is 1.50. The minimum Gasteiger partial charge on any atom is -0.324 e. The van der Waals surface area contributed by atoms with Crippen molar-refractivity contribution in [2.24, 2.45) is 0 Å². The molecule has 0 aliphatic carbocycles. The summed E-state index contributed by atoms with van der Waals surface area (Å²) in [5, 5.41) is 5.55. The monoisotopic (exact) mass is 196 g/mol. The van der Waals surface area contributed by atoms with Gasteiger partial charge < -0.3 is 4.90 Å². The lowest BCUT2D eigenvalue weighted by Crippen LogP contribution is -2.30. The van der Waals surface area contributed by atoms with Gasteiger partial charge in [0.2, 0.25) is 0 Å². The lowest BCUT2D eigenvalue weighted by atomic mass is 10.5. The van der Waals surface area contributed by atoms with Gasteiger partial charge in [-0.25, -0.2) is 4.79 Å². The SMILES string of the molecule is C=CCN(C)C(=O)Nc1cccs1. The fraction of sp³-hybridized carbons (Fsp3) is 0.222. The van der Waals surface area contributed by atoms with Crippen molar-refractivity contribution in [3.8, 4) is 0 Å². The summed E-state index contributed by atoms with van der Waals surface area (Å²) < 4.78 is 0. The van der Waals surface area contributed by atoms with E-state index in [1.54, 1.807) is 18.0 Å². The summed E-state index contributed by atoms with van der Waals surface area (Å²) in [4.78, 5) is 12.9. The molecule has 0 aromatic carbocycles. The standard InChI is InChI=1S/C9H12N2OS/c1-3-6-11(2)9(12)10-8-5-4-7-13-8/h3-5,7H,1,6H2,2H3,(H,10,12). The number of urea groups is 1. The quantitative estimate of drug-likeness (QED) is 0.740. The molecular weight excluding hydrogens is 184 g/mol. The third-order valence-electron chi connectivity index (χ3n) is 1.50. The Morgan fingerprint density at radius 1 is 1.85 bits per heavy atom. The Hall–Kier alpha value is -1.29. The van der Waals surface area contributed by atoms with Gasteiger partial charge in [-0.1, -0.05) is 6.08 Å². The van der Waals surface area contributed by atoms with Crippen LogP contribution in [0.1, 0.15) is 0 Å². The maximum absolute atomic E-state index is 11.4. The van der Waals surface area contributed by atoms with Gasteiger partial charge in [0.25, 0.3) is 0 Å². The predicted octanol–water partition coefficient (Wildman–Crippen LogP) is 2.40. The number of hydrogen-bond donors (Lipinski definition) is 1. The Labute approximate surface area is 81.7 Å². The number of nitrogens with one attached hydrogen (secondary N) is 1. The number of carbonyl (C=O) groups excluding carboxylic acids is 1. The fourth-order valence-electron chi connectivity index (χ4n) is 0.827. The largest absolute Gasteiger partial charge is 0.324 e. The van der Waals surface area contributed by atoms with Crippen molar-refractivity contribution in [2.45, 2.75) is 0 Å². The summed E-state index contributed by atoms with van der Waals surface area (Å²) in [5.74, 6) is 0. The predicted molar refractivity (Wildman–Crippen MR) is 56.2 cm³/mol. The molecule has 1 aromatic rings. The lowest BCUT2D eigenvalue weighted by Gasteiger charge is -2.14. The number of anilines is 1. The Morgan fingerprint density at radius 3 is 3.15 bits per heavy atom. The van der Waals surface area contributed by atoms with Crippen molar-refractivity contribution in [1.29, 1.82) is 0 Å². The zero-order chi connectivity index (χ0) is 9.68. The molecule has 0 unspecified atom stereocenters. The summed E-state index contributed by atoms with van der Waals surface area (Å²) in [6, 6.07) is 3.65. The number of hydrogen-bond acceptors (Lipinski definition) is 2. The number of amides is 2. The van der Waals surface area contributed by atoms with E-state index in [1.165, 1.54) is 11.3 Å². The molecule has 13 heavy (non-hydrogen) atoms. The van der Waals surface area contributed by atoms with Crippen LogP contribution in [0, 0.1) is 0 Å². The molecule has 1 heterocycles. The first kappa shape index (κ1) is 9.80. The minimum absolute atomic E-state index is 0.109. The summed E-state index contributed by atoms with van der Waals surface area (Å²) in [6.07, 6.45) is 1.69. The summed E-state index contributed by atoms with van der Waals surface area (Å²) in [5.41, 5.74) is 0. The van der Waals surface area contributed by atoms with E-state index in [-0.39, 0.29) is 6.03 Å². The topological polar surface area (TPSA) is 32.3 Å². The highest BCUT2D eigenvalue weighted by Crippen LogP contribution is 2.15. The smallest absolute Gasteiger partial charge is 0.322 e. The molecule has 0 saturated heterocycles. The second-order valence-electron chi connectivity index (χ2n) is 2.58. The molecule has 0 saturated carbocycles.